The van der Waals surface area contributed by atoms with Gasteiger partial charge in [-0.15, -0.1) is 0 Å². The van der Waals surface area contributed by atoms with E-state index in [1.54, 1.807) is 0 Å². The lowest BCUT2D eigenvalue weighted by molar-refractivity contribution is -0.131. The van der Waals surface area contributed by atoms with Gasteiger partial charge in [0.25, 0.3) is 0 Å². The molecule has 0 radical (unpaired) electrons. The van der Waals surface area contributed by atoms with Crippen molar-refractivity contribution < 1.29 is 9.53 Å². The maximum Gasteiger partial charge on any atom is 0.222 e. The number of hydrogen-bond acceptors (Lipinski definition) is 3. The van der Waals surface area contributed by atoms with Gasteiger partial charge in [-0.05, 0) is 19.8 Å². The van der Waals surface area contributed by atoms with Crippen LogP contribution in [0.4, 0.5) is 0 Å². The van der Waals surface area contributed by atoms with E-state index in [0.717, 1.165) is 26.0 Å². The quantitative estimate of drug-likeness (QED) is 0.585. The first-order valence-electron chi connectivity index (χ1n) is 5.81. The fraction of sp³-hybridized carbons (Fsp3) is 0.909. The lowest BCUT2D eigenvalue weighted by Gasteiger charge is -2.21. The molecule has 0 atom stereocenters. The van der Waals surface area contributed by atoms with E-state index in [-0.39, 0.29) is 5.91 Å². The van der Waals surface area contributed by atoms with Crippen molar-refractivity contribution in [3.63, 3.8) is 0 Å². The summed E-state index contributed by atoms with van der Waals surface area (Å²) in [6.45, 7) is 7.43. The van der Waals surface area contributed by atoms with Gasteiger partial charge in [-0.25, -0.2) is 0 Å². The van der Waals surface area contributed by atoms with Crippen molar-refractivity contribution in [2.24, 2.45) is 5.73 Å². The van der Waals surface area contributed by atoms with Gasteiger partial charge in [0.2, 0.25) is 5.91 Å². The molecular formula is C11H24N2O2. The molecule has 0 bridgehead atoms. The molecule has 0 saturated heterocycles. The zero-order valence-electron chi connectivity index (χ0n) is 10.00. The van der Waals surface area contributed by atoms with Gasteiger partial charge in [-0.1, -0.05) is 6.92 Å². The molecule has 0 aromatic rings. The Morgan fingerprint density at radius 3 is 2.60 bits per heavy atom. The molecule has 4 heteroatoms. The van der Waals surface area contributed by atoms with Gasteiger partial charge in [0.1, 0.15) is 0 Å². The number of carbonyl (C=O) groups excluding carboxylic acids is 1. The summed E-state index contributed by atoms with van der Waals surface area (Å²) in [6, 6.07) is 0. The van der Waals surface area contributed by atoms with E-state index in [4.69, 9.17) is 10.5 Å². The number of carbonyl (C=O) groups is 1. The van der Waals surface area contributed by atoms with Crippen molar-refractivity contribution in [2.45, 2.75) is 33.1 Å². The standard InChI is InChI=1S/C11H24N2O2/c1-3-8-13(9-7-12)11(14)6-5-10-15-4-2/h3-10,12H2,1-2H3. The molecule has 0 aromatic carbocycles. The third-order valence-corrected chi connectivity index (χ3v) is 2.13. The SMILES string of the molecule is CCCN(CCN)C(=O)CCCOCC. The Morgan fingerprint density at radius 1 is 1.33 bits per heavy atom. The average molecular weight is 216 g/mol. The van der Waals surface area contributed by atoms with Crippen molar-refractivity contribution >= 4 is 5.91 Å². The minimum absolute atomic E-state index is 0.196. The molecule has 1 amide bonds. The second-order valence-corrected chi connectivity index (χ2v) is 3.47. The van der Waals surface area contributed by atoms with E-state index in [9.17, 15) is 4.79 Å². The van der Waals surface area contributed by atoms with Crippen LogP contribution in [0.3, 0.4) is 0 Å². The van der Waals surface area contributed by atoms with Crippen LogP contribution in [-0.4, -0.2) is 43.7 Å². The number of rotatable bonds is 9. The minimum Gasteiger partial charge on any atom is -0.382 e. The molecule has 0 heterocycles. The maximum absolute atomic E-state index is 11.7. The van der Waals surface area contributed by atoms with Crippen LogP contribution in [0.15, 0.2) is 0 Å². The third kappa shape index (κ3) is 7.33. The van der Waals surface area contributed by atoms with Gasteiger partial charge in [0, 0.05) is 39.3 Å². The van der Waals surface area contributed by atoms with Crippen LogP contribution in [0.2, 0.25) is 0 Å². The van der Waals surface area contributed by atoms with Crippen molar-refractivity contribution in [1.29, 1.82) is 0 Å². The number of hydrogen-bond donors (Lipinski definition) is 1. The summed E-state index contributed by atoms with van der Waals surface area (Å²) in [6.07, 6.45) is 2.36. The predicted octanol–water partition coefficient (Wildman–Crippen LogP) is 1.00. The summed E-state index contributed by atoms with van der Waals surface area (Å²) >= 11 is 0. The van der Waals surface area contributed by atoms with Crippen LogP contribution in [0.25, 0.3) is 0 Å². The van der Waals surface area contributed by atoms with Gasteiger partial charge >= 0.3 is 0 Å². The largest absolute Gasteiger partial charge is 0.382 e. The zero-order chi connectivity index (χ0) is 11.5. The molecular weight excluding hydrogens is 192 g/mol. The maximum atomic E-state index is 11.7. The van der Waals surface area contributed by atoms with E-state index < -0.39 is 0 Å². The molecule has 15 heavy (non-hydrogen) atoms. The number of ether oxygens (including phenoxy) is 1. The topological polar surface area (TPSA) is 55.6 Å². The van der Waals surface area contributed by atoms with Crippen LogP contribution >= 0.6 is 0 Å². The normalized spacial score (nSPS) is 10.3. The van der Waals surface area contributed by atoms with Gasteiger partial charge < -0.3 is 15.4 Å². The second-order valence-electron chi connectivity index (χ2n) is 3.47. The molecule has 2 N–H and O–H groups in total. The Labute approximate surface area is 92.8 Å². The fourth-order valence-electron chi connectivity index (χ4n) is 1.41. The first-order chi connectivity index (χ1) is 7.26. The van der Waals surface area contributed by atoms with E-state index >= 15 is 0 Å². The molecule has 0 spiro atoms. The van der Waals surface area contributed by atoms with Crippen molar-refractivity contribution in [2.75, 3.05) is 32.8 Å². The fourth-order valence-corrected chi connectivity index (χ4v) is 1.41. The first kappa shape index (κ1) is 14.4. The van der Waals surface area contributed by atoms with E-state index in [0.29, 0.717) is 26.1 Å². The lowest BCUT2D eigenvalue weighted by Crippen LogP contribution is -2.35. The summed E-state index contributed by atoms with van der Waals surface area (Å²) in [4.78, 5) is 13.5. The van der Waals surface area contributed by atoms with Gasteiger partial charge in [0.15, 0.2) is 0 Å². The highest BCUT2D eigenvalue weighted by molar-refractivity contribution is 5.76. The highest BCUT2D eigenvalue weighted by Crippen LogP contribution is 1.99. The van der Waals surface area contributed by atoms with Crippen molar-refractivity contribution in [3.8, 4) is 0 Å². The summed E-state index contributed by atoms with van der Waals surface area (Å²) < 4.78 is 5.19. The number of amides is 1. The highest BCUT2D eigenvalue weighted by Gasteiger charge is 2.10. The van der Waals surface area contributed by atoms with E-state index in [1.807, 2.05) is 11.8 Å². The predicted molar refractivity (Wildman–Crippen MR) is 61.7 cm³/mol. The lowest BCUT2D eigenvalue weighted by atomic mass is 10.2. The van der Waals surface area contributed by atoms with Crippen LogP contribution in [-0.2, 0) is 9.53 Å². The monoisotopic (exact) mass is 216 g/mol. The van der Waals surface area contributed by atoms with Crippen LogP contribution < -0.4 is 5.73 Å². The molecule has 0 aromatic heterocycles. The van der Waals surface area contributed by atoms with Crippen LogP contribution in [0.5, 0.6) is 0 Å². The summed E-state index contributed by atoms with van der Waals surface area (Å²) in [5, 5.41) is 0. The summed E-state index contributed by atoms with van der Waals surface area (Å²) in [5.41, 5.74) is 5.46. The number of nitrogens with zero attached hydrogens (tertiary/aromatic N) is 1. The summed E-state index contributed by atoms with van der Waals surface area (Å²) in [7, 11) is 0. The molecule has 0 unspecified atom stereocenters. The van der Waals surface area contributed by atoms with Crippen molar-refractivity contribution in [3.05, 3.63) is 0 Å². The third-order valence-electron chi connectivity index (χ3n) is 2.13. The first-order valence-corrected chi connectivity index (χ1v) is 5.81. The zero-order valence-corrected chi connectivity index (χ0v) is 10.00. The Hall–Kier alpha value is -0.610. The van der Waals surface area contributed by atoms with E-state index in [2.05, 4.69) is 6.92 Å². The second kappa shape index (κ2) is 9.93. The van der Waals surface area contributed by atoms with Gasteiger partial charge in [0.05, 0.1) is 0 Å². The Balaban J connectivity index is 3.70. The smallest absolute Gasteiger partial charge is 0.222 e. The Kier molecular flexibility index (Phi) is 9.52. The molecule has 0 aliphatic carbocycles. The molecule has 0 aliphatic rings. The minimum atomic E-state index is 0.196. The molecule has 0 saturated carbocycles. The van der Waals surface area contributed by atoms with Crippen molar-refractivity contribution in [1.82, 2.24) is 4.90 Å². The molecule has 0 aliphatic heterocycles. The van der Waals surface area contributed by atoms with Crippen LogP contribution in [0.1, 0.15) is 33.1 Å². The summed E-state index contributed by atoms with van der Waals surface area (Å²) in [5.74, 6) is 0.196. The Morgan fingerprint density at radius 2 is 2.07 bits per heavy atom. The highest BCUT2D eigenvalue weighted by atomic mass is 16.5. The molecule has 4 nitrogen and oxygen atoms in total. The molecule has 0 fully saturated rings. The average Bonchev–Trinajstić information content (AvgIpc) is 2.24. The van der Waals surface area contributed by atoms with Crippen LogP contribution in [0, 0.1) is 0 Å². The van der Waals surface area contributed by atoms with E-state index in [1.165, 1.54) is 0 Å². The molecule has 0 rings (SSSR count). The Bertz CT molecular complexity index is 157. The van der Waals surface area contributed by atoms with Gasteiger partial charge in [-0.2, -0.15) is 0 Å². The van der Waals surface area contributed by atoms with Gasteiger partial charge in [-0.3, -0.25) is 4.79 Å². The number of nitrogens with two attached hydrogens (primary N) is 1. The molecule has 90 valence electrons.